The van der Waals surface area contributed by atoms with Crippen LogP contribution in [-0.2, 0) is 0 Å². The molecule has 0 spiro atoms. The Labute approximate surface area is 117 Å². The molecule has 4 aliphatic heterocycles. The van der Waals surface area contributed by atoms with Crippen molar-refractivity contribution in [2.45, 2.75) is 5.54 Å². The van der Waals surface area contributed by atoms with Crippen LogP contribution < -0.4 is 5.73 Å². The normalized spacial score (nSPS) is 37.1. The predicted molar refractivity (Wildman–Crippen MR) is 72.8 cm³/mol. The number of aromatic nitrogens is 1. The van der Waals surface area contributed by atoms with Gasteiger partial charge in [-0.05, 0) is 12.1 Å². The van der Waals surface area contributed by atoms with E-state index in [0.29, 0.717) is 0 Å². The Morgan fingerprint density at radius 1 is 1.20 bits per heavy atom. The molecule has 4 saturated heterocycles. The fourth-order valence-corrected chi connectivity index (χ4v) is 3.26. The lowest BCUT2D eigenvalue weighted by molar-refractivity contribution is -0.140. The first-order valence-corrected chi connectivity index (χ1v) is 6.63. The number of carboxylic acid groups (broad SMARTS) is 1. The first-order chi connectivity index (χ1) is 9.54. The van der Waals surface area contributed by atoms with Crippen LogP contribution in [0.5, 0.6) is 0 Å². The first kappa shape index (κ1) is 13.4. The molecule has 20 heavy (non-hydrogen) atoms. The number of aromatic carboxylic acids is 1. The highest BCUT2D eigenvalue weighted by Crippen LogP contribution is 2.26. The summed E-state index contributed by atoms with van der Waals surface area (Å²) < 4.78 is 0. The van der Waals surface area contributed by atoms with Crippen LogP contribution in [0.25, 0.3) is 0 Å². The predicted octanol–water partition coefficient (Wildman–Crippen LogP) is -0.717. The van der Waals surface area contributed by atoms with Gasteiger partial charge in [0.05, 0.1) is 31.1 Å². The molecule has 1 aromatic heterocycles. The molecule has 0 amide bonds. The third-order valence-electron chi connectivity index (χ3n) is 3.72. The van der Waals surface area contributed by atoms with Gasteiger partial charge >= 0.3 is 5.97 Å². The van der Waals surface area contributed by atoms with Crippen molar-refractivity contribution in [3.05, 3.63) is 30.1 Å². The zero-order valence-corrected chi connectivity index (χ0v) is 11.3. The average Bonchev–Trinajstić information content (AvgIpc) is 2.37. The second-order valence-corrected chi connectivity index (χ2v) is 5.82. The van der Waals surface area contributed by atoms with Crippen LogP contribution in [0.1, 0.15) is 10.4 Å². The Hall–Kier alpha value is -1.54. The summed E-state index contributed by atoms with van der Waals surface area (Å²) in [6.07, 6.45) is 2.84. The highest BCUT2D eigenvalue weighted by Gasteiger charge is 2.45. The molecule has 108 valence electrons. The van der Waals surface area contributed by atoms with E-state index in [1.807, 2.05) is 0 Å². The number of hydrogen-bond donors (Lipinski definition) is 2. The molecular weight excluding hydrogens is 258 g/mol. The first-order valence-electron chi connectivity index (χ1n) is 6.63. The standard InChI is InChI=1S/C7H14N4.C6H5NO2/c8-7-1-9-4-10(2-7)6-11(3-7)5-9;8-6(9)5-2-1-3-7-4-5/h1-6,8H2;1-4H,(H,8,9). The maximum absolute atomic E-state index is 10.2. The van der Waals surface area contributed by atoms with Gasteiger partial charge in [-0.15, -0.1) is 0 Å². The molecule has 7 nitrogen and oxygen atoms in total. The van der Waals surface area contributed by atoms with Crippen LogP contribution in [0.4, 0.5) is 0 Å². The van der Waals surface area contributed by atoms with E-state index in [-0.39, 0.29) is 11.1 Å². The van der Waals surface area contributed by atoms with Gasteiger partial charge in [0.15, 0.2) is 0 Å². The molecule has 4 bridgehead atoms. The van der Waals surface area contributed by atoms with Crippen molar-refractivity contribution >= 4 is 5.97 Å². The van der Waals surface area contributed by atoms with E-state index >= 15 is 0 Å². The largest absolute Gasteiger partial charge is 0.478 e. The highest BCUT2D eigenvalue weighted by molar-refractivity contribution is 5.86. The van der Waals surface area contributed by atoms with Gasteiger partial charge in [0.25, 0.3) is 0 Å². The summed E-state index contributed by atoms with van der Waals surface area (Å²) in [4.78, 5) is 21.1. The lowest BCUT2D eigenvalue weighted by Crippen LogP contribution is -2.78. The third-order valence-corrected chi connectivity index (χ3v) is 3.72. The molecule has 0 radical (unpaired) electrons. The SMILES string of the molecule is NC12CN3CN(CN(C3)C1)C2.O=C(O)c1cccnc1. The summed E-state index contributed by atoms with van der Waals surface area (Å²) in [5, 5.41) is 8.34. The van der Waals surface area contributed by atoms with Crippen LogP contribution in [-0.4, -0.2) is 75.9 Å². The van der Waals surface area contributed by atoms with Gasteiger partial charge in [0, 0.05) is 32.0 Å². The zero-order chi connectivity index (χ0) is 14.2. The molecule has 0 aromatic carbocycles. The summed E-state index contributed by atoms with van der Waals surface area (Å²) >= 11 is 0. The summed E-state index contributed by atoms with van der Waals surface area (Å²) in [6.45, 7) is 6.69. The van der Waals surface area contributed by atoms with E-state index in [0.717, 1.165) is 39.6 Å². The van der Waals surface area contributed by atoms with Crippen molar-refractivity contribution in [3.8, 4) is 0 Å². The summed E-state index contributed by atoms with van der Waals surface area (Å²) in [5.41, 5.74) is 6.49. The van der Waals surface area contributed by atoms with E-state index in [1.54, 1.807) is 6.07 Å². The molecule has 4 fully saturated rings. The fraction of sp³-hybridized carbons (Fsp3) is 0.538. The topological polar surface area (TPSA) is 85.9 Å². The van der Waals surface area contributed by atoms with Gasteiger partial charge in [-0.1, -0.05) is 0 Å². The number of rotatable bonds is 1. The van der Waals surface area contributed by atoms with Crippen molar-refractivity contribution in [3.63, 3.8) is 0 Å². The Balaban J connectivity index is 0.000000124. The van der Waals surface area contributed by atoms with Crippen LogP contribution in [0.15, 0.2) is 24.5 Å². The molecule has 5 heterocycles. The minimum Gasteiger partial charge on any atom is -0.478 e. The Morgan fingerprint density at radius 3 is 2.05 bits per heavy atom. The van der Waals surface area contributed by atoms with Gasteiger partial charge in [-0.2, -0.15) is 0 Å². The molecule has 7 heteroatoms. The lowest BCUT2D eigenvalue weighted by atomic mass is 9.92. The van der Waals surface area contributed by atoms with Crippen molar-refractivity contribution in [2.75, 3.05) is 39.6 Å². The number of pyridine rings is 1. The quantitative estimate of drug-likeness (QED) is 0.701. The van der Waals surface area contributed by atoms with Gasteiger partial charge in [0.1, 0.15) is 0 Å². The number of nitrogens with zero attached hydrogens (tertiary/aromatic N) is 4. The Morgan fingerprint density at radius 2 is 1.75 bits per heavy atom. The molecule has 3 N–H and O–H groups in total. The summed E-state index contributed by atoms with van der Waals surface area (Å²) in [7, 11) is 0. The number of nitrogens with two attached hydrogens (primary N) is 1. The second-order valence-electron chi connectivity index (χ2n) is 5.82. The maximum Gasteiger partial charge on any atom is 0.337 e. The van der Waals surface area contributed by atoms with Crippen LogP contribution in [0.3, 0.4) is 0 Å². The number of carbonyl (C=O) groups is 1. The minimum atomic E-state index is -0.942. The smallest absolute Gasteiger partial charge is 0.337 e. The van der Waals surface area contributed by atoms with Crippen molar-refractivity contribution < 1.29 is 9.90 Å². The van der Waals surface area contributed by atoms with E-state index in [4.69, 9.17) is 10.8 Å². The second kappa shape index (κ2) is 5.10. The summed E-state index contributed by atoms with van der Waals surface area (Å²) in [5.74, 6) is -0.942. The van der Waals surface area contributed by atoms with Crippen LogP contribution in [0.2, 0.25) is 0 Å². The molecule has 4 aliphatic rings. The van der Waals surface area contributed by atoms with Gasteiger partial charge in [0.2, 0.25) is 0 Å². The molecule has 0 aliphatic carbocycles. The van der Waals surface area contributed by atoms with Crippen molar-refractivity contribution in [1.82, 2.24) is 19.7 Å². The average molecular weight is 277 g/mol. The molecular formula is C13H19N5O2. The lowest BCUT2D eigenvalue weighted by Gasteiger charge is -2.59. The van der Waals surface area contributed by atoms with Crippen molar-refractivity contribution in [2.24, 2.45) is 5.73 Å². The third kappa shape index (κ3) is 2.80. The van der Waals surface area contributed by atoms with E-state index in [2.05, 4.69) is 19.7 Å². The molecule has 0 atom stereocenters. The van der Waals surface area contributed by atoms with E-state index < -0.39 is 5.97 Å². The molecule has 0 saturated carbocycles. The minimum absolute atomic E-state index is 0.0781. The molecule has 0 unspecified atom stereocenters. The molecule has 1 aromatic rings. The molecule has 5 rings (SSSR count). The van der Waals surface area contributed by atoms with E-state index in [1.165, 1.54) is 18.5 Å². The monoisotopic (exact) mass is 277 g/mol. The van der Waals surface area contributed by atoms with Crippen molar-refractivity contribution in [1.29, 1.82) is 0 Å². The van der Waals surface area contributed by atoms with Crippen LogP contribution >= 0.6 is 0 Å². The Kier molecular flexibility index (Phi) is 3.43. The number of hydrogen-bond acceptors (Lipinski definition) is 6. The van der Waals surface area contributed by atoms with Gasteiger partial charge in [-0.3, -0.25) is 19.7 Å². The zero-order valence-electron chi connectivity index (χ0n) is 11.3. The van der Waals surface area contributed by atoms with Gasteiger partial charge < -0.3 is 10.8 Å². The van der Waals surface area contributed by atoms with E-state index in [9.17, 15) is 4.79 Å². The van der Waals surface area contributed by atoms with Gasteiger partial charge in [-0.25, -0.2) is 4.79 Å². The fourth-order valence-electron chi connectivity index (χ4n) is 3.26. The maximum atomic E-state index is 10.2. The Bertz CT molecular complexity index is 458. The highest BCUT2D eigenvalue weighted by atomic mass is 16.4. The van der Waals surface area contributed by atoms with Crippen LogP contribution in [0, 0.1) is 0 Å². The number of carboxylic acids is 1. The summed E-state index contributed by atoms with van der Waals surface area (Å²) in [6, 6.07) is 3.08.